The molecule has 0 spiro atoms. The number of rotatable bonds is 7. The van der Waals surface area contributed by atoms with Crippen LogP contribution in [0.5, 0.6) is 0 Å². The van der Waals surface area contributed by atoms with Gasteiger partial charge in [0, 0.05) is 34.9 Å². The molecule has 0 aliphatic heterocycles. The van der Waals surface area contributed by atoms with Gasteiger partial charge in [0.05, 0.1) is 11.4 Å². The van der Waals surface area contributed by atoms with Gasteiger partial charge < -0.3 is 21.1 Å². The number of nitrogens with one attached hydrogen (secondary N) is 2. The highest BCUT2D eigenvalue weighted by molar-refractivity contribution is 7.13. The summed E-state index contributed by atoms with van der Waals surface area (Å²) in [6, 6.07) is 20.2. The Labute approximate surface area is 195 Å². The van der Waals surface area contributed by atoms with E-state index in [-0.39, 0.29) is 19.1 Å². The zero-order valence-corrected chi connectivity index (χ0v) is 18.5. The zero-order valence-electron chi connectivity index (χ0n) is 17.7. The summed E-state index contributed by atoms with van der Waals surface area (Å²) in [5.41, 5.74) is 10.2. The summed E-state index contributed by atoms with van der Waals surface area (Å²) < 4.78 is 5.16. The molecule has 2 aromatic carbocycles. The maximum atomic E-state index is 12.7. The fourth-order valence-electron chi connectivity index (χ4n) is 3.09. The monoisotopic (exact) mass is 458 g/mol. The maximum Gasteiger partial charge on any atom is 0.407 e. The minimum absolute atomic E-state index is 0.148. The third-order valence-corrected chi connectivity index (χ3v) is 5.77. The lowest BCUT2D eigenvalue weighted by atomic mass is 10.1. The third kappa shape index (κ3) is 5.96. The second kappa shape index (κ2) is 10.4. The Kier molecular flexibility index (Phi) is 6.96. The first-order chi connectivity index (χ1) is 16.1. The van der Waals surface area contributed by atoms with Gasteiger partial charge in [-0.15, -0.1) is 11.3 Å². The van der Waals surface area contributed by atoms with Crippen molar-refractivity contribution < 1.29 is 14.3 Å². The van der Waals surface area contributed by atoms with E-state index in [0.717, 1.165) is 21.6 Å². The van der Waals surface area contributed by atoms with Gasteiger partial charge in [0.1, 0.15) is 6.61 Å². The average molecular weight is 459 g/mol. The van der Waals surface area contributed by atoms with E-state index in [1.54, 1.807) is 60.1 Å². The minimum Gasteiger partial charge on any atom is -0.445 e. The predicted octanol–water partition coefficient (Wildman–Crippen LogP) is 5.07. The summed E-state index contributed by atoms with van der Waals surface area (Å²) in [4.78, 5) is 29.7. The second-order valence-electron chi connectivity index (χ2n) is 7.22. The number of carbonyl (C=O) groups excluding carboxylic acids is 2. The second-order valence-corrected chi connectivity index (χ2v) is 8.17. The van der Waals surface area contributed by atoms with Crippen LogP contribution in [-0.4, -0.2) is 17.0 Å². The molecular formula is C25H22N4O3S. The SMILES string of the molecule is Nc1ccc(-c2cccs2)cc1NC(=O)c1ccc(CNC(=O)OCc2cccnc2)cc1. The number of amides is 2. The van der Waals surface area contributed by atoms with Crippen molar-refractivity contribution in [2.75, 3.05) is 11.1 Å². The number of hydrogen-bond donors (Lipinski definition) is 3. The van der Waals surface area contributed by atoms with Crippen molar-refractivity contribution in [2.24, 2.45) is 0 Å². The van der Waals surface area contributed by atoms with E-state index >= 15 is 0 Å². The van der Waals surface area contributed by atoms with Crippen LogP contribution in [0.1, 0.15) is 21.5 Å². The molecule has 0 radical (unpaired) electrons. The largest absolute Gasteiger partial charge is 0.445 e. The van der Waals surface area contributed by atoms with Gasteiger partial charge in [0.25, 0.3) is 5.91 Å². The van der Waals surface area contributed by atoms with Crippen molar-refractivity contribution in [3.05, 3.63) is 101 Å². The van der Waals surface area contributed by atoms with Crippen molar-refractivity contribution >= 4 is 34.7 Å². The highest BCUT2D eigenvalue weighted by Crippen LogP contribution is 2.30. The quantitative estimate of drug-likeness (QED) is 0.335. The number of anilines is 2. The Morgan fingerprint density at radius 1 is 1.00 bits per heavy atom. The molecule has 0 unspecified atom stereocenters. The van der Waals surface area contributed by atoms with Crippen molar-refractivity contribution in [3.8, 4) is 10.4 Å². The first-order valence-electron chi connectivity index (χ1n) is 10.2. The van der Waals surface area contributed by atoms with Gasteiger partial charge in [-0.3, -0.25) is 9.78 Å². The maximum absolute atomic E-state index is 12.7. The smallest absolute Gasteiger partial charge is 0.407 e. The molecular weight excluding hydrogens is 436 g/mol. The van der Waals surface area contributed by atoms with Gasteiger partial charge in [-0.25, -0.2) is 4.79 Å². The molecule has 0 bridgehead atoms. The molecule has 2 heterocycles. The molecule has 33 heavy (non-hydrogen) atoms. The van der Waals surface area contributed by atoms with Crippen LogP contribution < -0.4 is 16.4 Å². The van der Waals surface area contributed by atoms with E-state index in [4.69, 9.17) is 10.5 Å². The van der Waals surface area contributed by atoms with Crippen molar-refractivity contribution in [1.29, 1.82) is 0 Å². The lowest BCUT2D eigenvalue weighted by molar-refractivity contribution is 0.102. The van der Waals surface area contributed by atoms with Crippen LogP contribution in [0.15, 0.2) is 84.5 Å². The van der Waals surface area contributed by atoms with E-state index in [9.17, 15) is 9.59 Å². The number of pyridine rings is 1. The van der Waals surface area contributed by atoms with Crippen LogP contribution in [0.2, 0.25) is 0 Å². The zero-order chi connectivity index (χ0) is 23.0. The highest BCUT2D eigenvalue weighted by atomic mass is 32.1. The number of nitrogen functional groups attached to an aromatic ring is 1. The topological polar surface area (TPSA) is 106 Å². The normalized spacial score (nSPS) is 10.4. The van der Waals surface area contributed by atoms with Gasteiger partial charge in [-0.1, -0.05) is 30.3 Å². The standard InChI is InChI=1S/C25H22N4O3S/c26-21-10-9-20(23-4-2-12-33-23)13-22(21)29-24(30)19-7-5-17(6-8-19)15-28-25(31)32-16-18-3-1-11-27-14-18/h1-14H,15-16,26H2,(H,28,31)(H,29,30). The molecule has 0 fully saturated rings. The summed E-state index contributed by atoms with van der Waals surface area (Å²) in [5.74, 6) is -0.264. The molecule has 4 rings (SSSR count). The van der Waals surface area contributed by atoms with E-state index in [1.165, 1.54) is 0 Å². The fraction of sp³-hybridized carbons (Fsp3) is 0.0800. The Morgan fingerprint density at radius 2 is 1.85 bits per heavy atom. The minimum atomic E-state index is -0.526. The van der Waals surface area contributed by atoms with Gasteiger partial charge in [-0.05, 0) is 52.9 Å². The van der Waals surface area contributed by atoms with Crippen molar-refractivity contribution in [1.82, 2.24) is 10.3 Å². The Hall–Kier alpha value is -4.17. The molecule has 0 atom stereocenters. The van der Waals surface area contributed by atoms with Crippen molar-refractivity contribution in [2.45, 2.75) is 13.2 Å². The molecule has 0 saturated carbocycles. The molecule has 0 aliphatic rings. The third-order valence-electron chi connectivity index (χ3n) is 4.85. The van der Waals surface area contributed by atoms with E-state index in [1.807, 2.05) is 35.7 Å². The number of benzene rings is 2. The lowest BCUT2D eigenvalue weighted by Crippen LogP contribution is -2.23. The molecule has 2 amide bonds. The molecule has 2 aromatic heterocycles. The summed E-state index contributed by atoms with van der Waals surface area (Å²) in [5, 5.41) is 7.56. The Morgan fingerprint density at radius 3 is 2.58 bits per heavy atom. The van der Waals surface area contributed by atoms with Crippen LogP contribution in [0.4, 0.5) is 16.2 Å². The van der Waals surface area contributed by atoms with Gasteiger partial charge in [0.15, 0.2) is 0 Å². The fourth-order valence-corrected chi connectivity index (χ4v) is 3.81. The molecule has 166 valence electrons. The molecule has 0 saturated heterocycles. The number of alkyl carbamates (subject to hydrolysis) is 1. The van der Waals surface area contributed by atoms with Gasteiger partial charge in [0.2, 0.25) is 0 Å². The summed E-state index contributed by atoms with van der Waals surface area (Å²) in [6.45, 7) is 0.430. The first kappa shape index (κ1) is 22.0. The number of nitrogens with two attached hydrogens (primary N) is 1. The molecule has 4 N–H and O–H groups in total. The average Bonchev–Trinajstić information content (AvgIpc) is 3.39. The highest BCUT2D eigenvalue weighted by Gasteiger charge is 2.11. The van der Waals surface area contributed by atoms with Crippen LogP contribution in [0, 0.1) is 0 Å². The van der Waals surface area contributed by atoms with Crippen LogP contribution in [0.25, 0.3) is 10.4 Å². The predicted molar refractivity (Wildman–Crippen MR) is 130 cm³/mol. The Bertz CT molecular complexity index is 1230. The lowest BCUT2D eigenvalue weighted by Gasteiger charge is -2.11. The number of carbonyl (C=O) groups is 2. The number of thiophene rings is 1. The number of ether oxygens (including phenoxy) is 1. The van der Waals surface area contributed by atoms with Crippen molar-refractivity contribution in [3.63, 3.8) is 0 Å². The van der Waals surface area contributed by atoms with E-state index in [0.29, 0.717) is 16.9 Å². The van der Waals surface area contributed by atoms with Crippen LogP contribution >= 0.6 is 11.3 Å². The van der Waals surface area contributed by atoms with E-state index < -0.39 is 6.09 Å². The molecule has 0 aliphatic carbocycles. The molecule has 7 nitrogen and oxygen atoms in total. The molecule has 4 aromatic rings. The number of hydrogen-bond acceptors (Lipinski definition) is 6. The van der Waals surface area contributed by atoms with Gasteiger partial charge >= 0.3 is 6.09 Å². The first-order valence-corrected chi connectivity index (χ1v) is 11.1. The summed E-state index contributed by atoms with van der Waals surface area (Å²) in [7, 11) is 0. The number of aromatic nitrogens is 1. The molecule has 8 heteroatoms. The van der Waals surface area contributed by atoms with Crippen LogP contribution in [-0.2, 0) is 17.9 Å². The summed E-state index contributed by atoms with van der Waals surface area (Å²) in [6.07, 6.45) is 2.77. The Balaban J connectivity index is 1.31. The van der Waals surface area contributed by atoms with Crippen LogP contribution in [0.3, 0.4) is 0 Å². The van der Waals surface area contributed by atoms with Gasteiger partial charge in [-0.2, -0.15) is 0 Å². The summed E-state index contributed by atoms with van der Waals surface area (Å²) >= 11 is 1.62. The number of nitrogens with zero attached hydrogens (tertiary/aromatic N) is 1. The van der Waals surface area contributed by atoms with E-state index in [2.05, 4.69) is 15.6 Å².